The summed E-state index contributed by atoms with van der Waals surface area (Å²) in [6.07, 6.45) is 4.14. The maximum atomic E-state index is 12.8. The third kappa shape index (κ3) is 1.64. The topological polar surface area (TPSA) is 63.0 Å². The number of phenols is 1. The summed E-state index contributed by atoms with van der Waals surface area (Å²) in [6, 6.07) is 6.18. The van der Waals surface area contributed by atoms with Crippen molar-refractivity contribution in [3.63, 3.8) is 0 Å². The standard InChI is InChI=1S/C20H22N2O3/c1-3-11-10-22-8-7-20-13-5-4-6-14(23)17(13)21-18(20)16(19(24)25-2)12(11)9-15(20)22/h3-6,12,15,21,23H,7-10H2,1-2H3/p+1/b11-3-/t12-,15-,20-/m0/s1. The summed E-state index contributed by atoms with van der Waals surface area (Å²) in [6.45, 7) is 4.15. The number of fused-ring (bicyclic) bond motifs is 2. The molecule has 25 heavy (non-hydrogen) atoms. The molecule has 0 amide bonds. The molecular formula is C20H23N2O3+. The zero-order valence-corrected chi connectivity index (χ0v) is 14.6. The number of phenolic OH excluding ortho intramolecular Hbond substituents is 1. The highest BCUT2D eigenvalue weighted by Gasteiger charge is 2.65. The molecule has 1 unspecified atom stereocenters. The third-order valence-electron chi connectivity index (χ3n) is 6.89. The highest BCUT2D eigenvalue weighted by Crippen LogP contribution is 2.58. The molecule has 5 heteroatoms. The Balaban J connectivity index is 1.83. The van der Waals surface area contributed by atoms with Crippen molar-refractivity contribution in [1.82, 2.24) is 0 Å². The van der Waals surface area contributed by atoms with Crippen LogP contribution in [-0.4, -0.2) is 37.3 Å². The van der Waals surface area contributed by atoms with Gasteiger partial charge < -0.3 is 20.1 Å². The van der Waals surface area contributed by atoms with E-state index in [2.05, 4.69) is 24.4 Å². The minimum absolute atomic E-state index is 0.122. The van der Waals surface area contributed by atoms with Crippen molar-refractivity contribution in [2.75, 3.05) is 25.5 Å². The second-order valence-corrected chi connectivity index (χ2v) is 7.62. The first-order chi connectivity index (χ1) is 12.1. The molecule has 1 aliphatic carbocycles. The smallest absolute Gasteiger partial charge is 0.336 e. The van der Waals surface area contributed by atoms with E-state index in [1.165, 1.54) is 12.7 Å². The highest BCUT2D eigenvalue weighted by molar-refractivity contribution is 5.94. The molecule has 5 rings (SSSR count). The van der Waals surface area contributed by atoms with Gasteiger partial charge in [0.25, 0.3) is 0 Å². The van der Waals surface area contributed by atoms with Crippen LogP contribution in [0, 0.1) is 5.92 Å². The molecule has 2 bridgehead atoms. The summed E-state index contributed by atoms with van der Waals surface area (Å²) in [7, 11) is 1.46. The van der Waals surface area contributed by atoms with E-state index in [0.717, 1.165) is 48.5 Å². The number of hydrogen-bond acceptors (Lipinski definition) is 4. The Hall–Kier alpha value is -2.27. The SMILES string of the molecule is C/C=C1/C[NH+]2CC[C@@]34C(=C(C(=O)OC)[C@H]1C[C@H]23)Nc1c(O)cccc14. The fourth-order valence-corrected chi connectivity index (χ4v) is 5.89. The number of nitrogens with one attached hydrogen (secondary N) is 2. The van der Waals surface area contributed by atoms with E-state index in [4.69, 9.17) is 4.74 Å². The van der Waals surface area contributed by atoms with Crippen LogP contribution in [0.15, 0.2) is 41.1 Å². The van der Waals surface area contributed by atoms with Crippen molar-refractivity contribution >= 4 is 11.7 Å². The number of ether oxygens (including phenoxy) is 1. The van der Waals surface area contributed by atoms with E-state index < -0.39 is 0 Å². The molecule has 5 nitrogen and oxygen atoms in total. The number of carbonyl (C=O) groups is 1. The van der Waals surface area contributed by atoms with Gasteiger partial charge in [-0.3, -0.25) is 0 Å². The Morgan fingerprint density at radius 1 is 1.48 bits per heavy atom. The fraction of sp³-hybridized carbons (Fsp3) is 0.450. The van der Waals surface area contributed by atoms with Crippen molar-refractivity contribution in [3.8, 4) is 5.75 Å². The molecule has 1 aromatic rings. The number of rotatable bonds is 1. The number of carbonyl (C=O) groups excluding carboxylic acids is 1. The molecule has 3 aliphatic heterocycles. The third-order valence-corrected chi connectivity index (χ3v) is 6.89. The van der Waals surface area contributed by atoms with Gasteiger partial charge in [-0.05, 0) is 24.1 Å². The average Bonchev–Trinajstić information content (AvgIpc) is 3.18. The molecule has 1 spiro atoms. The van der Waals surface area contributed by atoms with Crippen LogP contribution in [0.1, 0.15) is 25.3 Å². The van der Waals surface area contributed by atoms with E-state index >= 15 is 0 Å². The number of methoxy groups -OCH3 is 1. The van der Waals surface area contributed by atoms with Gasteiger partial charge in [0.15, 0.2) is 0 Å². The Morgan fingerprint density at radius 2 is 2.32 bits per heavy atom. The molecule has 4 aliphatic rings. The van der Waals surface area contributed by atoms with Gasteiger partial charge in [0.1, 0.15) is 11.8 Å². The highest BCUT2D eigenvalue weighted by atomic mass is 16.5. The molecule has 2 fully saturated rings. The number of aromatic hydroxyl groups is 1. The molecule has 0 saturated carbocycles. The van der Waals surface area contributed by atoms with Crippen LogP contribution in [-0.2, 0) is 14.9 Å². The van der Waals surface area contributed by atoms with Gasteiger partial charge in [-0.25, -0.2) is 4.79 Å². The summed E-state index contributed by atoms with van der Waals surface area (Å²) in [4.78, 5) is 14.4. The predicted molar refractivity (Wildman–Crippen MR) is 93.4 cm³/mol. The van der Waals surface area contributed by atoms with Gasteiger partial charge in [-0.1, -0.05) is 18.2 Å². The molecule has 4 atom stereocenters. The van der Waals surface area contributed by atoms with Crippen molar-refractivity contribution in [1.29, 1.82) is 0 Å². The summed E-state index contributed by atoms with van der Waals surface area (Å²) in [5.74, 6) is 0.135. The number of para-hydroxylation sites is 1. The number of piperidine rings is 1. The van der Waals surface area contributed by atoms with E-state index in [1.54, 1.807) is 11.0 Å². The van der Waals surface area contributed by atoms with Crippen LogP contribution < -0.4 is 10.2 Å². The normalized spacial score (nSPS) is 36.1. The number of hydrogen-bond donors (Lipinski definition) is 3. The number of quaternary nitrogens is 1. The molecule has 2 saturated heterocycles. The summed E-state index contributed by atoms with van der Waals surface area (Å²) in [5, 5.41) is 13.9. The molecule has 130 valence electrons. The summed E-state index contributed by atoms with van der Waals surface area (Å²) in [5.41, 5.74) is 4.80. The Morgan fingerprint density at radius 3 is 3.08 bits per heavy atom. The Labute approximate surface area is 147 Å². The fourth-order valence-electron chi connectivity index (χ4n) is 5.89. The van der Waals surface area contributed by atoms with Crippen LogP contribution in [0.3, 0.4) is 0 Å². The van der Waals surface area contributed by atoms with Crippen molar-refractivity contribution in [3.05, 3.63) is 46.7 Å². The van der Waals surface area contributed by atoms with E-state index in [9.17, 15) is 9.90 Å². The predicted octanol–water partition coefficient (Wildman–Crippen LogP) is 1.12. The first-order valence-corrected chi connectivity index (χ1v) is 9.04. The average molecular weight is 339 g/mol. The van der Waals surface area contributed by atoms with Crippen molar-refractivity contribution in [2.24, 2.45) is 5.92 Å². The Kier molecular flexibility index (Phi) is 2.93. The van der Waals surface area contributed by atoms with Crippen LogP contribution in [0.25, 0.3) is 0 Å². The van der Waals surface area contributed by atoms with Crippen molar-refractivity contribution in [2.45, 2.75) is 31.2 Å². The first kappa shape index (κ1) is 15.0. The molecule has 0 radical (unpaired) electrons. The minimum atomic E-state index is -0.243. The molecule has 1 aromatic carbocycles. The first-order valence-electron chi connectivity index (χ1n) is 9.04. The largest absolute Gasteiger partial charge is 0.506 e. The summed E-state index contributed by atoms with van der Waals surface area (Å²) >= 11 is 0. The quantitative estimate of drug-likeness (QED) is 0.408. The van der Waals surface area contributed by atoms with Gasteiger partial charge in [-0.15, -0.1) is 0 Å². The van der Waals surface area contributed by atoms with E-state index in [0.29, 0.717) is 6.04 Å². The number of esters is 1. The van der Waals surface area contributed by atoms with Crippen LogP contribution in [0.5, 0.6) is 5.75 Å². The van der Waals surface area contributed by atoms with Crippen molar-refractivity contribution < 1.29 is 19.5 Å². The second kappa shape index (κ2) is 4.88. The van der Waals surface area contributed by atoms with Gasteiger partial charge in [-0.2, -0.15) is 0 Å². The molecular weight excluding hydrogens is 316 g/mol. The molecule has 3 N–H and O–H groups in total. The monoisotopic (exact) mass is 339 g/mol. The lowest BCUT2D eigenvalue weighted by Gasteiger charge is -2.45. The maximum absolute atomic E-state index is 12.8. The van der Waals surface area contributed by atoms with Gasteiger partial charge in [0, 0.05) is 24.5 Å². The summed E-state index contributed by atoms with van der Waals surface area (Å²) < 4.78 is 5.18. The van der Waals surface area contributed by atoms with Gasteiger partial charge in [0.05, 0.1) is 36.9 Å². The number of anilines is 1. The van der Waals surface area contributed by atoms with Crippen LogP contribution >= 0.6 is 0 Å². The lowest BCUT2D eigenvalue weighted by Crippen LogP contribution is -3.16. The lowest BCUT2D eigenvalue weighted by atomic mass is 9.62. The lowest BCUT2D eigenvalue weighted by molar-refractivity contribution is -0.914. The van der Waals surface area contributed by atoms with Gasteiger partial charge >= 0.3 is 5.97 Å². The van der Waals surface area contributed by atoms with Crippen LogP contribution in [0.4, 0.5) is 5.69 Å². The minimum Gasteiger partial charge on any atom is -0.506 e. The maximum Gasteiger partial charge on any atom is 0.336 e. The van der Waals surface area contributed by atoms with Gasteiger partial charge in [0.2, 0.25) is 0 Å². The zero-order valence-electron chi connectivity index (χ0n) is 14.6. The van der Waals surface area contributed by atoms with E-state index in [1.807, 2.05) is 6.07 Å². The Bertz CT molecular complexity index is 856. The molecule has 3 heterocycles. The molecule has 0 aromatic heterocycles. The zero-order chi connectivity index (χ0) is 17.3. The van der Waals surface area contributed by atoms with Crippen LogP contribution in [0.2, 0.25) is 0 Å². The number of allylic oxidation sites excluding steroid dienone is 1. The second-order valence-electron chi connectivity index (χ2n) is 7.62. The number of benzene rings is 1. The van der Waals surface area contributed by atoms with E-state index in [-0.39, 0.29) is 23.1 Å².